The maximum atomic E-state index is 10.3. The van der Waals surface area contributed by atoms with Crippen molar-refractivity contribution < 1.29 is 14.4 Å². The number of aromatic nitrogens is 4. The van der Waals surface area contributed by atoms with Crippen LogP contribution in [0.5, 0.6) is 0 Å². The minimum Gasteiger partial charge on any atom is -0.481 e. The second kappa shape index (κ2) is 5.85. The highest BCUT2D eigenvalue weighted by Gasteiger charge is 2.10. The van der Waals surface area contributed by atoms with E-state index in [1.807, 2.05) is 0 Å². The smallest absolute Gasteiger partial charge is 0.303 e. The van der Waals surface area contributed by atoms with Gasteiger partial charge in [0.1, 0.15) is 0 Å². The van der Waals surface area contributed by atoms with Crippen molar-refractivity contribution >= 4 is 5.97 Å². The summed E-state index contributed by atoms with van der Waals surface area (Å²) < 4.78 is 5.04. The summed E-state index contributed by atoms with van der Waals surface area (Å²) >= 11 is 0. The molecule has 0 fully saturated rings. The summed E-state index contributed by atoms with van der Waals surface area (Å²) in [5.74, 6) is 0.448. The lowest BCUT2D eigenvalue weighted by Crippen LogP contribution is -1.95. The Kier molecular flexibility index (Phi) is 3.95. The molecule has 94 valence electrons. The molecule has 2 heterocycles. The van der Waals surface area contributed by atoms with Crippen LogP contribution < -0.4 is 0 Å². The number of carboxylic acid groups (broad SMARTS) is 1. The molecule has 0 aromatic carbocycles. The Bertz CT molecular complexity index is 512. The van der Waals surface area contributed by atoms with E-state index in [1.54, 1.807) is 18.5 Å². The zero-order valence-corrected chi connectivity index (χ0v) is 9.61. The van der Waals surface area contributed by atoms with Gasteiger partial charge in [-0.25, -0.2) is 9.97 Å². The van der Waals surface area contributed by atoms with E-state index in [0.717, 1.165) is 0 Å². The largest absolute Gasteiger partial charge is 0.481 e. The van der Waals surface area contributed by atoms with Gasteiger partial charge in [0.2, 0.25) is 17.5 Å². The van der Waals surface area contributed by atoms with Crippen LogP contribution in [0.15, 0.2) is 23.0 Å². The fourth-order valence-corrected chi connectivity index (χ4v) is 1.41. The molecule has 0 radical (unpaired) electrons. The van der Waals surface area contributed by atoms with E-state index < -0.39 is 5.97 Å². The molecule has 7 nitrogen and oxygen atoms in total. The van der Waals surface area contributed by atoms with E-state index in [1.165, 1.54) is 0 Å². The van der Waals surface area contributed by atoms with E-state index in [0.29, 0.717) is 36.8 Å². The van der Waals surface area contributed by atoms with Gasteiger partial charge in [-0.2, -0.15) is 4.98 Å². The van der Waals surface area contributed by atoms with Gasteiger partial charge in [-0.1, -0.05) is 5.16 Å². The van der Waals surface area contributed by atoms with Gasteiger partial charge in [-0.15, -0.1) is 0 Å². The Balaban J connectivity index is 1.89. The zero-order valence-electron chi connectivity index (χ0n) is 9.61. The fourth-order valence-electron chi connectivity index (χ4n) is 1.41. The molecule has 0 saturated heterocycles. The molecule has 0 bridgehead atoms. The molecule has 2 aromatic rings. The standard InChI is InChI=1S/C11H12N4O3/c16-9(17)5-2-1-4-8-14-11(15-18-8)10-12-6-3-7-13-10/h3,6-7H,1-2,4-5H2,(H,16,17). The lowest BCUT2D eigenvalue weighted by Gasteiger charge is -1.93. The van der Waals surface area contributed by atoms with Crippen LogP contribution in [0.4, 0.5) is 0 Å². The second-order valence-electron chi connectivity index (χ2n) is 3.68. The predicted molar refractivity (Wildman–Crippen MR) is 60.5 cm³/mol. The normalized spacial score (nSPS) is 10.4. The highest BCUT2D eigenvalue weighted by atomic mass is 16.5. The number of hydrogen-bond donors (Lipinski definition) is 1. The van der Waals surface area contributed by atoms with Gasteiger partial charge < -0.3 is 9.63 Å². The molecule has 0 amide bonds. The topological polar surface area (TPSA) is 102 Å². The van der Waals surface area contributed by atoms with Crippen molar-refractivity contribution in [2.75, 3.05) is 0 Å². The van der Waals surface area contributed by atoms with Crippen molar-refractivity contribution in [1.29, 1.82) is 0 Å². The van der Waals surface area contributed by atoms with Crippen LogP contribution in [0, 0.1) is 0 Å². The van der Waals surface area contributed by atoms with Crippen LogP contribution in [0.25, 0.3) is 11.6 Å². The third-order valence-corrected chi connectivity index (χ3v) is 2.27. The van der Waals surface area contributed by atoms with Crippen LogP contribution in [0.1, 0.15) is 25.2 Å². The summed E-state index contributed by atoms with van der Waals surface area (Å²) in [5.41, 5.74) is 0. The fraction of sp³-hybridized carbons (Fsp3) is 0.364. The van der Waals surface area contributed by atoms with Crippen LogP contribution in [-0.2, 0) is 11.2 Å². The molecular weight excluding hydrogens is 236 g/mol. The van der Waals surface area contributed by atoms with Gasteiger partial charge in [-0.3, -0.25) is 4.79 Å². The van der Waals surface area contributed by atoms with Crippen molar-refractivity contribution in [1.82, 2.24) is 20.1 Å². The molecule has 0 aliphatic rings. The molecule has 1 N–H and O–H groups in total. The minimum atomic E-state index is -0.793. The van der Waals surface area contributed by atoms with Gasteiger partial charge in [0.05, 0.1) is 0 Å². The third-order valence-electron chi connectivity index (χ3n) is 2.27. The molecule has 2 rings (SSSR count). The van der Waals surface area contributed by atoms with Crippen LogP contribution in [-0.4, -0.2) is 31.2 Å². The van der Waals surface area contributed by atoms with Crippen LogP contribution in [0.2, 0.25) is 0 Å². The van der Waals surface area contributed by atoms with E-state index in [2.05, 4.69) is 20.1 Å². The zero-order chi connectivity index (χ0) is 12.8. The SMILES string of the molecule is O=C(O)CCCCc1nc(-c2ncccn2)no1. The van der Waals surface area contributed by atoms with Gasteiger partial charge in [0.25, 0.3) is 0 Å². The Labute approximate surface area is 103 Å². The first kappa shape index (κ1) is 12.2. The number of carboxylic acids is 1. The van der Waals surface area contributed by atoms with Crippen LogP contribution in [0.3, 0.4) is 0 Å². The number of aryl methyl sites for hydroxylation is 1. The molecule has 0 saturated carbocycles. The lowest BCUT2D eigenvalue weighted by atomic mass is 10.2. The van der Waals surface area contributed by atoms with Crippen LogP contribution >= 0.6 is 0 Å². The third kappa shape index (κ3) is 3.34. The number of nitrogens with zero attached hydrogens (tertiary/aromatic N) is 4. The van der Waals surface area contributed by atoms with E-state index in [9.17, 15) is 4.79 Å². The first-order valence-corrected chi connectivity index (χ1v) is 5.57. The molecular formula is C11H12N4O3. The summed E-state index contributed by atoms with van der Waals surface area (Å²) in [6.07, 6.45) is 5.21. The molecule has 2 aromatic heterocycles. The quantitative estimate of drug-likeness (QED) is 0.769. The van der Waals surface area contributed by atoms with Gasteiger partial charge in [0.15, 0.2) is 0 Å². The monoisotopic (exact) mass is 248 g/mol. The molecule has 0 spiro atoms. The Morgan fingerprint density at radius 1 is 1.22 bits per heavy atom. The van der Waals surface area contributed by atoms with Crippen molar-refractivity contribution in [2.24, 2.45) is 0 Å². The van der Waals surface area contributed by atoms with Crippen molar-refractivity contribution in [3.63, 3.8) is 0 Å². The van der Waals surface area contributed by atoms with E-state index in [-0.39, 0.29) is 6.42 Å². The molecule has 0 aliphatic carbocycles. The van der Waals surface area contributed by atoms with E-state index >= 15 is 0 Å². The van der Waals surface area contributed by atoms with Crippen molar-refractivity contribution in [3.8, 4) is 11.6 Å². The molecule has 0 unspecified atom stereocenters. The second-order valence-corrected chi connectivity index (χ2v) is 3.68. The number of carbonyl (C=O) groups is 1. The Morgan fingerprint density at radius 3 is 2.72 bits per heavy atom. The molecule has 18 heavy (non-hydrogen) atoms. The molecule has 7 heteroatoms. The predicted octanol–water partition coefficient (Wildman–Crippen LogP) is 1.32. The van der Waals surface area contributed by atoms with Gasteiger partial charge in [0, 0.05) is 25.2 Å². The minimum absolute atomic E-state index is 0.156. The molecule has 0 atom stereocenters. The summed E-state index contributed by atoms with van der Waals surface area (Å²) in [6.45, 7) is 0. The summed E-state index contributed by atoms with van der Waals surface area (Å²) in [4.78, 5) is 22.5. The van der Waals surface area contributed by atoms with Crippen molar-refractivity contribution in [3.05, 3.63) is 24.4 Å². The number of unbranched alkanes of at least 4 members (excludes halogenated alkanes) is 1. The van der Waals surface area contributed by atoms with Gasteiger partial charge in [-0.05, 0) is 18.9 Å². The number of aliphatic carboxylic acids is 1. The maximum absolute atomic E-state index is 10.3. The summed E-state index contributed by atoms with van der Waals surface area (Å²) in [7, 11) is 0. The van der Waals surface area contributed by atoms with E-state index in [4.69, 9.17) is 9.63 Å². The highest BCUT2D eigenvalue weighted by molar-refractivity contribution is 5.66. The summed E-state index contributed by atoms with van der Waals surface area (Å²) in [6, 6.07) is 1.70. The maximum Gasteiger partial charge on any atom is 0.303 e. The summed E-state index contributed by atoms with van der Waals surface area (Å²) in [5, 5.41) is 12.3. The van der Waals surface area contributed by atoms with Gasteiger partial charge >= 0.3 is 5.97 Å². The first-order valence-electron chi connectivity index (χ1n) is 5.57. The lowest BCUT2D eigenvalue weighted by molar-refractivity contribution is -0.137. The molecule has 0 aliphatic heterocycles. The van der Waals surface area contributed by atoms with Crippen molar-refractivity contribution in [2.45, 2.75) is 25.7 Å². The average molecular weight is 248 g/mol. The number of hydrogen-bond acceptors (Lipinski definition) is 6. The average Bonchev–Trinajstić information content (AvgIpc) is 2.84. The highest BCUT2D eigenvalue weighted by Crippen LogP contribution is 2.11. The Hall–Kier alpha value is -2.31. The Morgan fingerprint density at radius 2 is 2.00 bits per heavy atom. The number of rotatable bonds is 6. The first-order chi connectivity index (χ1) is 8.75.